The first kappa shape index (κ1) is 40.9. The molecule has 0 rings (SSSR count). The molecule has 0 amide bonds. The van der Waals surface area contributed by atoms with Crippen LogP contribution in [-0.4, -0.2) is 10.7 Å². The van der Waals surface area contributed by atoms with Gasteiger partial charge in [0.2, 0.25) is 0 Å². The Bertz CT molecular complexity index is 422. The van der Waals surface area contributed by atoms with Crippen molar-refractivity contribution < 1.29 is 5.21 Å². The second-order valence-corrected chi connectivity index (χ2v) is 13.9. The molecule has 0 saturated heterocycles. The maximum atomic E-state index is 9.98. The third-order valence-corrected chi connectivity index (χ3v) is 9.93. The van der Waals surface area contributed by atoms with Crippen LogP contribution < -0.4 is 5.48 Å². The van der Waals surface area contributed by atoms with Crippen LogP contribution in [0.15, 0.2) is 0 Å². The fraction of sp³-hybridized carbons (Fsp3) is 1.00. The molecule has 41 heavy (non-hydrogen) atoms. The van der Waals surface area contributed by atoms with E-state index < -0.39 is 0 Å². The fourth-order valence-corrected chi connectivity index (χ4v) is 6.69. The minimum atomic E-state index is -0.0357. The highest BCUT2D eigenvalue weighted by Crippen LogP contribution is 2.26. The maximum Gasteiger partial charge on any atom is 0.0427 e. The van der Waals surface area contributed by atoms with E-state index in [-0.39, 0.29) is 5.54 Å². The van der Waals surface area contributed by atoms with Gasteiger partial charge in [0.25, 0.3) is 0 Å². The van der Waals surface area contributed by atoms with Crippen LogP contribution in [-0.2, 0) is 0 Å². The first-order chi connectivity index (χ1) is 20.2. The van der Waals surface area contributed by atoms with Gasteiger partial charge in [-0.15, -0.1) is 0 Å². The van der Waals surface area contributed by atoms with E-state index in [1.807, 2.05) is 0 Å². The molecular formula is C39H81NO. The highest BCUT2D eigenvalue weighted by molar-refractivity contribution is 4.83. The van der Waals surface area contributed by atoms with Crippen LogP contribution in [0.1, 0.15) is 245 Å². The lowest BCUT2D eigenvalue weighted by Gasteiger charge is -2.31. The quantitative estimate of drug-likeness (QED) is 0.0571. The van der Waals surface area contributed by atoms with E-state index in [1.165, 1.54) is 205 Å². The molecule has 0 aliphatic carbocycles. The van der Waals surface area contributed by atoms with E-state index in [0.29, 0.717) is 0 Å². The average molecular weight is 580 g/mol. The van der Waals surface area contributed by atoms with Crippen LogP contribution in [0.3, 0.4) is 0 Å². The summed E-state index contributed by atoms with van der Waals surface area (Å²) in [6.45, 7) is 6.85. The van der Waals surface area contributed by atoms with Crippen LogP contribution in [0.5, 0.6) is 0 Å². The first-order valence-electron chi connectivity index (χ1n) is 19.7. The van der Waals surface area contributed by atoms with Gasteiger partial charge in [0.15, 0.2) is 0 Å². The number of nitrogens with one attached hydrogen (secondary N) is 1. The Kier molecular flexibility index (Phi) is 34.3. The molecule has 2 nitrogen and oxygen atoms in total. The van der Waals surface area contributed by atoms with Crippen molar-refractivity contribution in [3.63, 3.8) is 0 Å². The average Bonchev–Trinajstić information content (AvgIpc) is 2.99. The second kappa shape index (κ2) is 34.4. The van der Waals surface area contributed by atoms with Gasteiger partial charge in [-0.1, -0.05) is 226 Å². The minimum absolute atomic E-state index is 0.0357. The highest BCUT2D eigenvalue weighted by Gasteiger charge is 2.26. The zero-order valence-electron chi connectivity index (χ0n) is 29.2. The van der Waals surface area contributed by atoms with E-state index in [0.717, 1.165) is 19.3 Å². The van der Waals surface area contributed by atoms with Gasteiger partial charge in [0, 0.05) is 5.54 Å². The van der Waals surface area contributed by atoms with Gasteiger partial charge in [-0.05, 0) is 19.3 Å². The van der Waals surface area contributed by atoms with Gasteiger partial charge in [0.05, 0.1) is 0 Å². The molecule has 0 bridgehead atoms. The first-order valence-corrected chi connectivity index (χ1v) is 19.7. The van der Waals surface area contributed by atoms with E-state index >= 15 is 0 Å². The van der Waals surface area contributed by atoms with Gasteiger partial charge >= 0.3 is 0 Å². The summed E-state index contributed by atoms with van der Waals surface area (Å²) in [4.78, 5) is 0. The Balaban J connectivity index is 3.50. The Morgan fingerprint density at radius 3 is 0.683 bits per heavy atom. The van der Waals surface area contributed by atoms with Crippen molar-refractivity contribution in [1.82, 2.24) is 5.48 Å². The van der Waals surface area contributed by atoms with E-state index in [9.17, 15) is 5.21 Å². The zero-order valence-corrected chi connectivity index (χ0v) is 29.2. The molecule has 0 aromatic carbocycles. The molecule has 248 valence electrons. The summed E-state index contributed by atoms with van der Waals surface area (Å²) in [6.07, 6.45) is 48.7. The van der Waals surface area contributed by atoms with Gasteiger partial charge in [-0.3, -0.25) is 0 Å². The van der Waals surface area contributed by atoms with Crippen molar-refractivity contribution in [3.8, 4) is 0 Å². The summed E-state index contributed by atoms with van der Waals surface area (Å²) >= 11 is 0. The fourth-order valence-electron chi connectivity index (χ4n) is 6.69. The molecule has 0 atom stereocenters. The standard InChI is InChI=1S/C39H81NO/c1-4-7-9-11-13-15-17-19-21-23-25-27-29-31-33-35-37-39(6-3,40-41)38-36-34-32-30-28-26-24-22-20-18-16-14-12-10-8-5-2/h40-41H,4-38H2,1-3H3. The number of hydrogen-bond donors (Lipinski definition) is 2. The Hall–Kier alpha value is -0.0800. The molecule has 0 aliphatic rings. The van der Waals surface area contributed by atoms with Crippen LogP contribution in [0.4, 0.5) is 0 Å². The van der Waals surface area contributed by atoms with Crippen molar-refractivity contribution in [3.05, 3.63) is 0 Å². The Morgan fingerprint density at radius 1 is 0.317 bits per heavy atom. The molecule has 0 aliphatic heterocycles. The molecule has 0 radical (unpaired) electrons. The summed E-state index contributed by atoms with van der Waals surface area (Å²) in [5, 5.41) is 9.98. The van der Waals surface area contributed by atoms with E-state index in [2.05, 4.69) is 26.3 Å². The summed E-state index contributed by atoms with van der Waals surface area (Å²) < 4.78 is 0. The van der Waals surface area contributed by atoms with Gasteiger partial charge in [-0.25, -0.2) is 0 Å². The Morgan fingerprint density at radius 2 is 0.512 bits per heavy atom. The summed E-state index contributed by atoms with van der Waals surface area (Å²) in [5.74, 6) is 0. The van der Waals surface area contributed by atoms with Crippen molar-refractivity contribution in [1.29, 1.82) is 0 Å². The SMILES string of the molecule is CCCCCCCCCCCCCCCCCCC(CC)(CCCCCCCCCCCCCCCCCC)NO. The normalized spacial score (nSPS) is 12.0. The smallest absolute Gasteiger partial charge is 0.0427 e. The zero-order chi connectivity index (χ0) is 30.0. The molecule has 0 heterocycles. The van der Waals surface area contributed by atoms with Crippen molar-refractivity contribution in [2.45, 2.75) is 251 Å². The third kappa shape index (κ3) is 29.8. The summed E-state index contributed by atoms with van der Waals surface area (Å²) in [7, 11) is 0. The predicted molar refractivity (Wildman–Crippen MR) is 186 cm³/mol. The molecule has 2 N–H and O–H groups in total. The van der Waals surface area contributed by atoms with Crippen LogP contribution in [0, 0.1) is 0 Å². The predicted octanol–water partition coefficient (Wildman–Crippen LogP) is 14.4. The van der Waals surface area contributed by atoms with Crippen molar-refractivity contribution in [2.75, 3.05) is 0 Å². The van der Waals surface area contributed by atoms with E-state index in [1.54, 1.807) is 0 Å². The van der Waals surface area contributed by atoms with Crippen molar-refractivity contribution >= 4 is 0 Å². The molecule has 0 aromatic rings. The second-order valence-electron chi connectivity index (χ2n) is 13.9. The number of hydroxylamine groups is 1. The minimum Gasteiger partial charge on any atom is -0.316 e. The molecule has 0 aromatic heterocycles. The van der Waals surface area contributed by atoms with Crippen molar-refractivity contribution in [2.24, 2.45) is 0 Å². The van der Waals surface area contributed by atoms with Gasteiger partial charge < -0.3 is 5.21 Å². The summed E-state index contributed by atoms with van der Waals surface area (Å²) in [6, 6.07) is 0. The highest BCUT2D eigenvalue weighted by atomic mass is 16.5. The van der Waals surface area contributed by atoms with Crippen LogP contribution in [0.2, 0.25) is 0 Å². The molecule has 0 fully saturated rings. The summed E-state index contributed by atoms with van der Waals surface area (Å²) in [5.41, 5.74) is 2.73. The molecule has 0 unspecified atom stereocenters. The number of hydrogen-bond acceptors (Lipinski definition) is 2. The van der Waals surface area contributed by atoms with E-state index in [4.69, 9.17) is 0 Å². The molecule has 0 saturated carbocycles. The lowest BCUT2D eigenvalue weighted by atomic mass is 9.84. The Labute approximate surface area is 261 Å². The molecular weight excluding hydrogens is 498 g/mol. The van der Waals surface area contributed by atoms with Gasteiger partial charge in [0.1, 0.15) is 0 Å². The number of rotatable bonds is 36. The van der Waals surface area contributed by atoms with Gasteiger partial charge in [-0.2, -0.15) is 5.48 Å². The third-order valence-electron chi connectivity index (χ3n) is 9.93. The largest absolute Gasteiger partial charge is 0.316 e. The topological polar surface area (TPSA) is 32.3 Å². The number of unbranched alkanes of at least 4 members (excludes halogenated alkanes) is 30. The van der Waals surface area contributed by atoms with Crippen LogP contribution >= 0.6 is 0 Å². The molecule has 0 spiro atoms. The lowest BCUT2D eigenvalue weighted by molar-refractivity contribution is 0.0430. The van der Waals surface area contributed by atoms with Crippen LogP contribution in [0.25, 0.3) is 0 Å². The monoisotopic (exact) mass is 580 g/mol. The lowest BCUT2D eigenvalue weighted by Crippen LogP contribution is -2.42. The maximum absolute atomic E-state index is 9.98. The molecule has 2 heteroatoms.